The highest BCUT2D eigenvalue weighted by atomic mass is 127. The van der Waals surface area contributed by atoms with Gasteiger partial charge < -0.3 is 25.2 Å². The van der Waals surface area contributed by atoms with Crippen molar-refractivity contribution in [3.8, 4) is 5.75 Å². The van der Waals surface area contributed by atoms with Crippen LogP contribution in [0, 0.1) is 15.4 Å². The fraction of sp³-hybridized carbons (Fsp3) is 0.655. The lowest BCUT2D eigenvalue weighted by Crippen LogP contribution is -2.56. The molecule has 204 valence electrons. The molecule has 1 aromatic carbocycles. The van der Waals surface area contributed by atoms with Crippen LogP contribution in [0.15, 0.2) is 35.9 Å². The van der Waals surface area contributed by atoms with Crippen LogP contribution in [0.2, 0.25) is 0 Å². The third kappa shape index (κ3) is 7.69. The average Bonchev–Trinajstić information content (AvgIpc) is 3.42. The van der Waals surface area contributed by atoms with Gasteiger partial charge in [-0.2, -0.15) is 0 Å². The van der Waals surface area contributed by atoms with Crippen LogP contribution in [0.5, 0.6) is 5.75 Å². The smallest absolute Gasteiger partial charge is 0.247 e. The van der Waals surface area contributed by atoms with Gasteiger partial charge >= 0.3 is 0 Å². The summed E-state index contributed by atoms with van der Waals surface area (Å²) in [6.07, 6.45) is 11.1. The number of nitrogens with zero attached hydrogens (tertiary/aromatic N) is 1. The second-order valence-corrected chi connectivity index (χ2v) is 12.0. The number of ether oxygens (including phenoxy) is 1. The molecule has 4 rings (SSSR count). The maximum atomic E-state index is 13.8. The van der Waals surface area contributed by atoms with E-state index in [2.05, 4.69) is 27.9 Å². The molecule has 0 radical (unpaired) electrons. The van der Waals surface area contributed by atoms with E-state index < -0.39 is 18.2 Å². The molecule has 0 aliphatic heterocycles. The minimum absolute atomic E-state index is 0.0894. The molecule has 0 bridgehead atoms. The van der Waals surface area contributed by atoms with Crippen LogP contribution in [0.25, 0.3) is 0 Å². The number of aliphatic hydroxyl groups is 2. The van der Waals surface area contributed by atoms with Crippen molar-refractivity contribution < 1.29 is 24.5 Å². The second-order valence-electron chi connectivity index (χ2n) is 10.9. The summed E-state index contributed by atoms with van der Waals surface area (Å²) in [6, 6.07) is 7.04. The maximum Gasteiger partial charge on any atom is 0.247 e. The van der Waals surface area contributed by atoms with Crippen LogP contribution < -0.4 is 10.1 Å². The van der Waals surface area contributed by atoms with E-state index in [4.69, 9.17) is 4.74 Å². The molecular weight excluding hydrogens is 583 g/mol. The van der Waals surface area contributed by atoms with Crippen molar-refractivity contribution in [2.45, 2.75) is 88.9 Å². The molecule has 0 heterocycles. The first kappa shape index (κ1) is 28.4. The number of carbonyl (C=O) groups excluding carboxylic acids is 2. The summed E-state index contributed by atoms with van der Waals surface area (Å²) in [4.78, 5) is 28.7. The fourth-order valence-corrected chi connectivity index (χ4v) is 6.63. The molecule has 0 saturated heterocycles. The molecule has 2 saturated carbocycles. The first-order valence-corrected chi connectivity index (χ1v) is 15.0. The molecule has 3 atom stereocenters. The van der Waals surface area contributed by atoms with Crippen LogP contribution >= 0.6 is 22.6 Å². The van der Waals surface area contributed by atoms with E-state index in [1.807, 2.05) is 29.2 Å². The van der Waals surface area contributed by atoms with E-state index in [9.17, 15) is 19.8 Å². The van der Waals surface area contributed by atoms with E-state index in [0.717, 1.165) is 29.3 Å². The molecule has 3 aliphatic carbocycles. The summed E-state index contributed by atoms with van der Waals surface area (Å²) < 4.78 is 7.17. The van der Waals surface area contributed by atoms with Gasteiger partial charge in [0.25, 0.3) is 0 Å². The van der Waals surface area contributed by atoms with Crippen LogP contribution in [0.4, 0.5) is 0 Å². The molecule has 0 aromatic heterocycles. The number of para-hydroxylation sites is 1. The Morgan fingerprint density at radius 1 is 1.03 bits per heavy atom. The first-order chi connectivity index (χ1) is 18.0. The Morgan fingerprint density at radius 2 is 1.70 bits per heavy atom. The van der Waals surface area contributed by atoms with E-state index in [1.54, 1.807) is 6.08 Å². The molecular formula is C29H41IN2O5. The monoisotopic (exact) mass is 624 g/mol. The first-order valence-electron chi connectivity index (χ1n) is 13.9. The standard InChI is InChI=1S/C29H41IN2O5/c30-23-12-6-7-13-25(23)37-26-18-22(29(36)31-14-15-33)17-24(28(26)35)32(19-21-10-2-1-3-11-21)27(34)16-20-8-4-5-9-20/h6-7,12-13,18,20-21,24,26,28,33,35H,1-5,8-11,14-17,19H2,(H,31,36)/t24-,26+,28+/m1/s1. The molecule has 2 fully saturated rings. The molecule has 0 unspecified atom stereocenters. The van der Waals surface area contributed by atoms with E-state index in [1.165, 1.54) is 32.1 Å². The summed E-state index contributed by atoms with van der Waals surface area (Å²) in [5.74, 6) is 1.26. The number of amides is 2. The van der Waals surface area contributed by atoms with Crippen molar-refractivity contribution in [2.24, 2.45) is 11.8 Å². The molecule has 3 N–H and O–H groups in total. The molecule has 2 amide bonds. The van der Waals surface area contributed by atoms with Gasteiger partial charge in [0.1, 0.15) is 18.0 Å². The predicted molar refractivity (Wildman–Crippen MR) is 151 cm³/mol. The summed E-state index contributed by atoms with van der Waals surface area (Å²) >= 11 is 2.19. The van der Waals surface area contributed by atoms with E-state index in [0.29, 0.717) is 36.1 Å². The lowest BCUT2D eigenvalue weighted by atomic mass is 9.85. The maximum absolute atomic E-state index is 13.8. The molecule has 0 spiro atoms. The molecule has 7 nitrogen and oxygen atoms in total. The highest BCUT2D eigenvalue weighted by Crippen LogP contribution is 2.34. The number of halogens is 1. The molecule has 1 aromatic rings. The van der Waals surface area contributed by atoms with Gasteiger partial charge in [0.15, 0.2) is 0 Å². The minimum atomic E-state index is -0.957. The Hall–Kier alpha value is -1.65. The highest BCUT2D eigenvalue weighted by Gasteiger charge is 2.41. The number of nitrogens with one attached hydrogen (secondary N) is 1. The zero-order valence-electron chi connectivity index (χ0n) is 21.6. The summed E-state index contributed by atoms with van der Waals surface area (Å²) in [5, 5.41) is 23.6. The van der Waals surface area contributed by atoms with Crippen LogP contribution in [-0.4, -0.2) is 64.9 Å². The Labute approximate surface area is 234 Å². The normalized spacial score (nSPS) is 24.9. The molecule has 8 heteroatoms. The molecule has 37 heavy (non-hydrogen) atoms. The van der Waals surface area contributed by atoms with E-state index in [-0.39, 0.29) is 31.4 Å². The van der Waals surface area contributed by atoms with Crippen molar-refractivity contribution in [1.82, 2.24) is 10.2 Å². The van der Waals surface area contributed by atoms with Gasteiger partial charge in [-0.25, -0.2) is 0 Å². The lowest BCUT2D eigenvalue weighted by molar-refractivity contribution is -0.140. The minimum Gasteiger partial charge on any atom is -0.482 e. The number of hydrogen-bond donors (Lipinski definition) is 3. The zero-order valence-corrected chi connectivity index (χ0v) is 23.8. The van der Waals surface area contributed by atoms with Crippen molar-refractivity contribution in [1.29, 1.82) is 0 Å². The van der Waals surface area contributed by atoms with E-state index >= 15 is 0 Å². The predicted octanol–water partition coefficient (Wildman–Crippen LogP) is 4.20. The molecule has 3 aliphatic rings. The van der Waals surface area contributed by atoms with Crippen LogP contribution in [0.1, 0.15) is 70.6 Å². The Morgan fingerprint density at radius 3 is 2.41 bits per heavy atom. The second kappa shape index (κ2) is 13.9. The third-order valence-electron chi connectivity index (χ3n) is 8.15. The van der Waals surface area contributed by atoms with Gasteiger partial charge in [-0.3, -0.25) is 9.59 Å². The van der Waals surface area contributed by atoms with Gasteiger partial charge in [0.05, 0.1) is 16.2 Å². The summed E-state index contributed by atoms with van der Waals surface area (Å²) in [5.41, 5.74) is 0.488. The Kier molecular flexibility index (Phi) is 10.7. The van der Waals surface area contributed by atoms with Crippen molar-refractivity contribution in [2.75, 3.05) is 19.7 Å². The van der Waals surface area contributed by atoms with Crippen molar-refractivity contribution in [3.63, 3.8) is 0 Å². The van der Waals surface area contributed by atoms with Gasteiger partial charge in [0, 0.05) is 31.5 Å². The van der Waals surface area contributed by atoms with Crippen LogP contribution in [-0.2, 0) is 9.59 Å². The number of hydrogen-bond acceptors (Lipinski definition) is 5. The van der Waals surface area contributed by atoms with Crippen molar-refractivity contribution >= 4 is 34.4 Å². The zero-order chi connectivity index (χ0) is 26.2. The van der Waals surface area contributed by atoms with Gasteiger partial charge in [0.2, 0.25) is 11.8 Å². The average molecular weight is 625 g/mol. The number of rotatable bonds is 10. The Bertz CT molecular complexity index is 942. The van der Waals surface area contributed by atoms with Gasteiger partial charge in [-0.15, -0.1) is 0 Å². The van der Waals surface area contributed by atoms with Gasteiger partial charge in [-0.05, 0) is 78.3 Å². The lowest BCUT2D eigenvalue weighted by Gasteiger charge is -2.42. The quantitative estimate of drug-likeness (QED) is 0.339. The number of aliphatic hydroxyl groups excluding tert-OH is 2. The highest BCUT2D eigenvalue weighted by molar-refractivity contribution is 14.1. The Balaban J connectivity index is 1.61. The van der Waals surface area contributed by atoms with Crippen LogP contribution in [0.3, 0.4) is 0 Å². The topological polar surface area (TPSA) is 99.1 Å². The summed E-state index contributed by atoms with van der Waals surface area (Å²) in [6.45, 7) is 0.618. The fourth-order valence-electron chi connectivity index (χ4n) is 6.12. The SMILES string of the molecule is O=C(NCCO)C1=C[C@H](Oc2ccccc2I)[C@@H](O)[C@H](N(CC2CCCCC2)C(=O)CC2CCCC2)C1. The third-order valence-corrected chi connectivity index (χ3v) is 9.04. The largest absolute Gasteiger partial charge is 0.482 e. The van der Waals surface area contributed by atoms with Gasteiger partial charge in [-0.1, -0.05) is 44.2 Å². The number of carbonyl (C=O) groups is 2. The summed E-state index contributed by atoms with van der Waals surface area (Å²) in [7, 11) is 0. The number of benzene rings is 1. The van der Waals surface area contributed by atoms with Crippen molar-refractivity contribution in [3.05, 3.63) is 39.5 Å².